The van der Waals surface area contributed by atoms with Crippen LogP contribution in [0.4, 0.5) is 4.39 Å². The van der Waals surface area contributed by atoms with Crippen LogP contribution in [0.5, 0.6) is 0 Å². The average molecular weight is 584 g/mol. The predicted molar refractivity (Wildman–Crippen MR) is 155 cm³/mol. The highest BCUT2D eigenvalue weighted by molar-refractivity contribution is 7.89. The Labute approximate surface area is 239 Å². The Morgan fingerprint density at radius 2 is 1.80 bits per heavy atom. The zero-order valence-electron chi connectivity index (χ0n) is 24.2. The van der Waals surface area contributed by atoms with Gasteiger partial charge in [0.25, 0.3) is 0 Å². The van der Waals surface area contributed by atoms with E-state index in [9.17, 15) is 17.6 Å². The molecule has 228 valence electrons. The minimum Gasteiger partial charge on any atom is -0.350 e. The van der Waals surface area contributed by atoms with Gasteiger partial charge in [-0.25, -0.2) is 17.1 Å². The van der Waals surface area contributed by atoms with E-state index in [-0.39, 0.29) is 34.1 Å². The first-order valence-corrected chi connectivity index (χ1v) is 17.0. The van der Waals surface area contributed by atoms with Crippen molar-refractivity contribution in [2.75, 3.05) is 39.3 Å². The van der Waals surface area contributed by atoms with E-state index in [0.717, 1.165) is 38.6 Å². The largest absolute Gasteiger partial charge is 0.350 e. The van der Waals surface area contributed by atoms with Gasteiger partial charge in [0.2, 0.25) is 15.9 Å². The number of alkyl halides is 1. The summed E-state index contributed by atoms with van der Waals surface area (Å²) < 4.78 is 42.3. The van der Waals surface area contributed by atoms with Crippen molar-refractivity contribution >= 4 is 22.1 Å². The summed E-state index contributed by atoms with van der Waals surface area (Å²) >= 11 is 0. The van der Waals surface area contributed by atoms with Gasteiger partial charge in [0.05, 0.1) is 29.4 Å². The fourth-order valence-electron chi connectivity index (χ4n) is 8.34. The van der Waals surface area contributed by atoms with E-state index in [0.29, 0.717) is 58.4 Å². The van der Waals surface area contributed by atoms with Crippen molar-refractivity contribution in [2.24, 2.45) is 33.2 Å². The Bertz CT molecular complexity index is 1050. The maximum atomic E-state index is 14.9. The van der Waals surface area contributed by atoms with Gasteiger partial charge in [-0.3, -0.25) is 14.7 Å². The second-order valence-corrected chi connectivity index (χ2v) is 15.3. The van der Waals surface area contributed by atoms with Crippen molar-refractivity contribution < 1.29 is 17.6 Å². The Morgan fingerprint density at radius 1 is 1.12 bits per heavy atom. The average Bonchev–Trinajstić information content (AvgIpc) is 3.50. The number of piperidine rings is 2. The molecule has 5 rings (SSSR count). The number of sulfonamides is 1. The Balaban J connectivity index is 1.26. The van der Waals surface area contributed by atoms with E-state index in [2.05, 4.69) is 34.4 Å². The van der Waals surface area contributed by atoms with Crippen molar-refractivity contribution in [1.29, 1.82) is 0 Å². The Kier molecular flexibility index (Phi) is 8.96. The molecule has 6 N–H and O–H groups in total. The first-order valence-electron chi connectivity index (χ1n) is 15.5. The monoisotopic (exact) mass is 583 g/mol. The minimum atomic E-state index is -3.21. The summed E-state index contributed by atoms with van der Waals surface area (Å²) in [7, 11) is -3.21. The molecule has 4 aliphatic heterocycles. The highest BCUT2D eigenvalue weighted by atomic mass is 32.2. The summed E-state index contributed by atoms with van der Waals surface area (Å²) in [6.07, 6.45) is 6.33. The van der Waals surface area contributed by atoms with Crippen LogP contribution in [0.1, 0.15) is 71.6 Å². The minimum absolute atomic E-state index is 0.0302. The van der Waals surface area contributed by atoms with Crippen LogP contribution in [0.15, 0.2) is 4.99 Å². The van der Waals surface area contributed by atoms with Gasteiger partial charge in [-0.15, -0.1) is 0 Å². The number of carbonyl (C=O) groups excluding carboxylic acids is 1. The summed E-state index contributed by atoms with van der Waals surface area (Å²) in [4.78, 5) is 20.8. The number of fused-ring (bicyclic) bond motifs is 1. The lowest BCUT2D eigenvalue weighted by Gasteiger charge is -2.45. The summed E-state index contributed by atoms with van der Waals surface area (Å²) in [6.45, 7) is 8.42. The number of amides is 1. The molecule has 5 aliphatic rings. The lowest BCUT2D eigenvalue weighted by molar-refractivity contribution is -0.128. The second-order valence-electron chi connectivity index (χ2n) is 13.0. The van der Waals surface area contributed by atoms with Gasteiger partial charge in [-0.1, -0.05) is 13.8 Å². The van der Waals surface area contributed by atoms with E-state index in [4.69, 9.17) is 11.5 Å². The van der Waals surface area contributed by atoms with E-state index in [1.165, 1.54) is 6.21 Å². The first kappa shape index (κ1) is 30.3. The van der Waals surface area contributed by atoms with E-state index in [1.54, 1.807) is 4.31 Å². The lowest BCUT2D eigenvalue weighted by atomic mass is 9.76. The summed E-state index contributed by atoms with van der Waals surface area (Å²) in [5, 5.41) is 6.33. The molecule has 4 fully saturated rings. The smallest absolute Gasteiger partial charge is 0.228 e. The van der Waals surface area contributed by atoms with Crippen LogP contribution in [0.3, 0.4) is 0 Å². The predicted octanol–water partition coefficient (Wildman–Crippen LogP) is 0.961. The molecule has 7 atom stereocenters. The number of carbonyl (C=O) groups is 1. The van der Waals surface area contributed by atoms with Crippen LogP contribution >= 0.6 is 0 Å². The fraction of sp³-hybridized carbons (Fsp3) is 0.929. The van der Waals surface area contributed by atoms with E-state index < -0.39 is 34.3 Å². The summed E-state index contributed by atoms with van der Waals surface area (Å²) in [5.74, 6) is -0.980. The number of nitrogens with one attached hydrogen (secondary N) is 2. The highest BCUT2D eigenvalue weighted by Crippen LogP contribution is 2.73. The van der Waals surface area contributed by atoms with Crippen LogP contribution in [-0.4, -0.2) is 105 Å². The van der Waals surface area contributed by atoms with Gasteiger partial charge >= 0.3 is 0 Å². The number of aliphatic imine (C=N–C) groups is 1. The number of halogens is 1. The van der Waals surface area contributed by atoms with Crippen molar-refractivity contribution in [3.05, 3.63) is 0 Å². The molecule has 1 aliphatic carbocycles. The Hall–Kier alpha value is -1.18. The molecule has 0 aromatic heterocycles. The number of likely N-dealkylation sites (tertiary alicyclic amines) is 1. The third-order valence-electron chi connectivity index (χ3n) is 11.1. The number of hydrogen-bond donors (Lipinski definition) is 4. The van der Waals surface area contributed by atoms with Crippen LogP contribution in [-0.2, 0) is 14.8 Å². The standard InChI is InChI=1S/C28H50FN7O3S/c1-3-27-14-19(29)16-33-21(15-28(27,4-2)18-27)24(25(30)31)26(37)34-22-17-32-9-6-23(22)35-12-7-20(8-13-35)40(38,39)36-10-5-11-36/h16,19-25,32H,3-15,17-18,30-31H2,1-2H3,(H,34,37). The van der Waals surface area contributed by atoms with Crippen LogP contribution < -0.4 is 22.1 Å². The van der Waals surface area contributed by atoms with Gasteiger partial charge in [0, 0.05) is 31.9 Å². The first-order chi connectivity index (χ1) is 19.1. The molecular weight excluding hydrogens is 533 g/mol. The zero-order valence-corrected chi connectivity index (χ0v) is 25.0. The number of nitrogens with two attached hydrogens (primary N) is 2. The van der Waals surface area contributed by atoms with E-state index >= 15 is 0 Å². The van der Waals surface area contributed by atoms with Gasteiger partial charge < -0.3 is 22.1 Å². The Morgan fingerprint density at radius 3 is 2.40 bits per heavy atom. The molecule has 0 aromatic rings. The fourth-order valence-corrected chi connectivity index (χ4v) is 10.3. The van der Waals surface area contributed by atoms with Crippen molar-refractivity contribution in [3.63, 3.8) is 0 Å². The van der Waals surface area contributed by atoms with Crippen LogP contribution in [0, 0.1) is 16.7 Å². The van der Waals surface area contributed by atoms with Gasteiger partial charge in [0.1, 0.15) is 6.17 Å². The molecule has 40 heavy (non-hydrogen) atoms. The molecule has 0 spiro atoms. The summed E-state index contributed by atoms with van der Waals surface area (Å²) in [5.41, 5.74) is 12.4. The normalized spacial score (nSPS) is 38.6. The van der Waals surface area contributed by atoms with Crippen molar-refractivity contribution in [3.8, 4) is 0 Å². The highest BCUT2D eigenvalue weighted by Gasteiger charge is 2.66. The third kappa shape index (κ3) is 5.60. The van der Waals surface area contributed by atoms with Crippen molar-refractivity contribution in [2.45, 2.75) is 107 Å². The molecule has 10 nitrogen and oxygen atoms in total. The second kappa shape index (κ2) is 11.8. The molecule has 0 aromatic carbocycles. The number of hydrogen-bond acceptors (Lipinski definition) is 8. The zero-order chi connectivity index (χ0) is 28.7. The van der Waals surface area contributed by atoms with Crippen LogP contribution in [0.25, 0.3) is 0 Å². The summed E-state index contributed by atoms with van der Waals surface area (Å²) in [6, 6.07) is -0.528. The van der Waals surface area contributed by atoms with Gasteiger partial charge in [-0.05, 0) is 88.3 Å². The molecule has 1 amide bonds. The number of rotatable bonds is 9. The quantitative estimate of drug-likeness (QED) is 0.296. The van der Waals surface area contributed by atoms with Crippen molar-refractivity contribution in [1.82, 2.24) is 19.8 Å². The lowest BCUT2D eigenvalue weighted by Crippen LogP contribution is -2.64. The maximum Gasteiger partial charge on any atom is 0.228 e. The molecular formula is C28H50FN7O3S. The van der Waals surface area contributed by atoms with Crippen LogP contribution in [0.2, 0.25) is 0 Å². The van der Waals surface area contributed by atoms with E-state index in [1.807, 2.05) is 0 Å². The molecule has 4 heterocycles. The number of nitrogens with zero attached hydrogens (tertiary/aromatic N) is 3. The maximum absolute atomic E-state index is 14.9. The third-order valence-corrected chi connectivity index (χ3v) is 13.5. The SMILES string of the molecule is CCC12CC(F)C=NC(C(C(=O)NC3CNCCC3N3CCC(S(=O)(=O)N4CCC4)CC3)C(N)N)CC1(CC)C2. The molecule has 7 unspecified atom stereocenters. The molecule has 12 heteroatoms. The molecule has 0 bridgehead atoms. The molecule has 1 saturated carbocycles. The topological polar surface area (TPSA) is 146 Å². The van der Waals surface area contributed by atoms with Gasteiger partial charge in [-0.2, -0.15) is 0 Å². The van der Waals surface area contributed by atoms with Gasteiger partial charge in [0.15, 0.2) is 0 Å². The molecule has 0 radical (unpaired) electrons. The molecule has 3 saturated heterocycles.